The summed E-state index contributed by atoms with van der Waals surface area (Å²) < 4.78 is 1.32. The summed E-state index contributed by atoms with van der Waals surface area (Å²) in [4.78, 5) is 20.4. The smallest absolute Gasteiger partial charge is 0.298 e. The van der Waals surface area contributed by atoms with Crippen LogP contribution in [-0.4, -0.2) is 20.9 Å². The predicted molar refractivity (Wildman–Crippen MR) is 92.0 cm³/mol. The van der Waals surface area contributed by atoms with Crippen LogP contribution in [0.25, 0.3) is 21.9 Å². The van der Waals surface area contributed by atoms with Gasteiger partial charge in [-0.15, -0.1) is 0 Å². The van der Waals surface area contributed by atoms with E-state index in [9.17, 15) is 4.79 Å². The lowest BCUT2D eigenvalue weighted by Crippen LogP contribution is -2.20. The lowest BCUT2D eigenvalue weighted by molar-refractivity contribution is 0.770. The summed E-state index contributed by atoms with van der Waals surface area (Å²) in [6.45, 7) is 1.78. The number of benzene rings is 2. The maximum atomic E-state index is 12.7. The van der Waals surface area contributed by atoms with Gasteiger partial charge in [0, 0.05) is 10.9 Å². The number of H-pyrrole nitrogens is 1. The van der Waals surface area contributed by atoms with E-state index in [4.69, 9.17) is 0 Å². The van der Waals surface area contributed by atoms with E-state index >= 15 is 0 Å². The molecule has 4 rings (SSSR count). The predicted octanol–water partition coefficient (Wildman–Crippen LogP) is 3.07. The lowest BCUT2D eigenvalue weighted by Gasteiger charge is -2.02. The van der Waals surface area contributed by atoms with Gasteiger partial charge in [-0.2, -0.15) is 9.78 Å². The number of aryl methyl sites for hydroxylation is 1. The van der Waals surface area contributed by atoms with Gasteiger partial charge >= 0.3 is 0 Å². The fourth-order valence-corrected chi connectivity index (χ4v) is 2.66. The number of hydrogen-bond donors (Lipinski definition) is 1. The molecule has 4 aromatic rings. The molecule has 0 bridgehead atoms. The Labute approximate surface area is 131 Å². The van der Waals surface area contributed by atoms with Gasteiger partial charge in [0.2, 0.25) is 0 Å². The van der Waals surface area contributed by atoms with Crippen molar-refractivity contribution in [3.8, 4) is 0 Å². The largest absolute Gasteiger partial charge is 0.349 e. The number of nitrogens with zero attached hydrogens (tertiary/aromatic N) is 3. The highest BCUT2D eigenvalue weighted by molar-refractivity contribution is 6.04. The maximum Gasteiger partial charge on any atom is 0.298 e. The molecule has 5 heteroatoms. The summed E-state index contributed by atoms with van der Waals surface area (Å²) >= 11 is 0. The maximum absolute atomic E-state index is 12.7. The van der Waals surface area contributed by atoms with Gasteiger partial charge in [0.25, 0.3) is 5.56 Å². The highest BCUT2D eigenvalue weighted by Gasteiger charge is 2.12. The lowest BCUT2D eigenvalue weighted by atomic mass is 10.2. The van der Waals surface area contributed by atoms with E-state index in [1.165, 1.54) is 4.68 Å². The van der Waals surface area contributed by atoms with E-state index < -0.39 is 0 Å². The van der Waals surface area contributed by atoms with Crippen LogP contribution >= 0.6 is 0 Å². The molecule has 0 fully saturated rings. The zero-order valence-electron chi connectivity index (χ0n) is 12.5. The standard InChI is InChI=1S/C18H14N4O/c1-12-20-16-14-9-5-6-10-15(14)21-17(16)18(23)22(12)19-11-13-7-3-2-4-8-13/h2-11,21H,1H3. The average Bonchev–Trinajstić information content (AvgIpc) is 2.95. The van der Waals surface area contributed by atoms with Crippen molar-refractivity contribution >= 4 is 28.2 Å². The number of aromatic amines is 1. The van der Waals surface area contributed by atoms with Crippen LogP contribution in [0.5, 0.6) is 0 Å². The number of para-hydroxylation sites is 1. The number of fused-ring (bicyclic) bond motifs is 3. The third-order valence-electron chi connectivity index (χ3n) is 3.79. The Morgan fingerprint density at radius 2 is 1.83 bits per heavy atom. The van der Waals surface area contributed by atoms with Gasteiger partial charge in [0.1, 0.15) is 16.9 Å². The van der Waals surface area contributed by atoms with Gasteiger partial charge in [-0.05, 0) is 18.6 Å². The molecule has 2 aromatic heterocycles. The Hall–Kier alpha value is -3.21. The van der Waals surface area contributed by atoms with Crippen LogP contribution in [0.4, 0.5) is 0 Å². The van der Waals surface area contributed by atoms with E-state index in [0.29, 0.717) is 16.9 Å². The van der Waals surface area contributed by atoms with E-state index in [1.807, 2.05) is 54.6 Å². The highest BCUT2D eigenvalue weighted by atomic mass is 16.1. The van der Waals surface area contributed by atoms with E-state index in [2.05, 4.69) is 15.1 Å². The molecule has 0 aliphatic heterocycles. The second-order valence-electron chi connectivity index (χ2n) is 5.33. The van der Waals surface area contributed by atoms with Crippen molar-refractivity contribution in [2.75, 3.05) is 0 Å². The van der Waals surface area contributed by atoms with Crippen LogP contribution in [0.1, 0.15) is 11.4 Å². The molecule has 0 saturated carbocycles. The first-order valence-corrected chi connectivity index (χ1v) is 7.33. The van der Waals surface area contributed by atoms with Gasteiger partial charge in [-0.1, -0.05) is 48.5 Å². The quantitative estimate of drug-likeness (QED) is 0.578. The molecule has 0 aliphatic rings. The van der Waals surface area contributed by atoms with Gasteiger partial charge in [0.15, 0.2) is 0 Å². The summed E-state index contributed by atoms with van der Waals surface area (Å²) in [5.74, 6) is 0.555. The fraction of sp³-hybridized carbons (Fsp3) is 0.0556. The van der Waals surface area contributed by atoms with Crippen molar-refractivity contribution in [2.45, 2.75) is 6.92 Å². The van der Waals surface area contributed by atoms with Crippen molar-refractivity contribution in [1.29, 1.82) is 0 Å². The molecule has 2 aromatic carbocycles. The van der Waals surface area contributed by atoms with E-state index in [0.717, 1.165) is 16.5 Å². The summed E-state index contributed by atoms with van der Waals surface area (Å²) in [6, 6.07) is 17.4. The van der Waals surface area contributed by atoms with Crippen LogP contribution in [0.2, 0.25) is 0 Å². The normalized spacial score (nSPS) is 11.7. The topological polar surface area (TPSA) is 63.0 Å². The molecule has 112 valence electrons. The van der Waals surface area contributed by atoms with Crippen LogP contribution in [0.3, 0.4) is 0 Å². The fourth-order valence-electron chi connectivity index (χ4n) is 2.66. The van der Waals surface area contributed by atoms with Crippen molar-refractivity contribution in [3.63, 3.8) is 0 Å². The Morgan fingerprint density at radius 3 is 2.65 bits per heavy atom. The highest BCUT2D eigenvalue weighted by Crippen LogP contribution is 2.21. The van der Waals surface area contributed by atoms with E-state index in [-0.39, 0.29) is 5.56 Å². The summed E-state index contributed by atoms with van der Waals surface area (Å²) in [5, 5.41) is 5.24. The van der Waals surface area contributed by atoms with Crippen molar-refractivity contribution in [1.82, 2.24) is 14.6 Å². The van der Waals surface area contributed by atoms with Crippen molar-refractivity contribution in [2.24, 2.45) is 5.10 Å². The third kappa shape index (κ3) is 2.23. The summed E-state index contributed by atoms with van der Waals surface area (Å²) in [7, 11) is 0. The van der Waals surface area contributed by atoms with Gasteiger partial charge in [-0.25, -0.2) is 4.98 Å². The number of nitrogens with one attached hydrogen (secondary N) is 1. The molecule has 0 spiro atoms. The molecular formula is C18H14N4O. The molecular weight excluding hydrogens is 288 g/mol. The molecule has 0 saturated heterocycles. The minimum absolute atomic E-state index is 0.198. The Kier molecular flexibility index (Phi) is 3.05. The van der Waals surface area contributed by atoms with Crippen LogP contribution in [-0.2, 0) is 0 Å². The van der Waals surface area contributed by atoms with E-state index in [1.54, 1.807) is 13.1 Å². The van der Waals surface area contributed by atoms with Crippen LogP contribution in [0, 0.1) is 6.92 Å². The zero-order chi connectivity index (χ0) is 15.8. The molecule has 5 nitrogen and oxygen atoms in total. The van der Waals surface area contributed by atoms with Crippen LogP contribution < -0.4 is 5.56 Å². The second-order valence-corrected chi connectivity index (χ2v) is 5.33. The molecule has 1 N–H and O–H groups in total. The number of rotatable bonds is 2. The first-order chi connectivity index (χ1) is 11.2. The Bertz CT molecular complexity index is 1090. The monoisotopic (exact) mass is 302 g/mol. The molecule has 2 heterocycles. The molecule has 23 heavy (non-hydrogen) atoms. The average molecular weight is 302 g/mol. The summed E-state index contributed by atoms with van der Waals surface area (Å²) in [6.07, 6.45) is 1.66. The number of hydrogen-bond acceptors (Lipinski definition) is 3. The summed E-state index contributed by atoms with van der Waals surface area (Å²) in [5.41, 5.74) is 2.79. The Balaban J connectivity index is 1.92. The number of aromatic nitrogens is 3. The molecule has 0 radical (unpaired) electrons. The first kappa shape index (κ1) is 13.5. The van der Waals surface area contributed by atoms with Crippen LogP contribution in [0.15, 0.2) is 64.5 Å². The molecule has 0 amide bonds. The van der Waals surface area contributed by atoms with Crippen molar-refractivity contribution < 1.29 is 0 Å². The van der Waals surface area contributed by atoms with Gasteiger partial charge in [0.05, 0.1) is 6.21 Å². The molecule has 0 atom stereocenters. The second kappa shape index (κ2) is 5.21. The first-order valence-electron chi connectivity index (χ1n) is 7.33. The van der Waals surface area contributed by atoms with Crippen molar-refractivity contribution in [3.05, 3.63) is 76.3 Å². The third-order valence-corrected chi connectivity index (χ3v) is 3.79. The van der Waals surface area contributed by atoms with Gasteiger partial charge in [-0.3, -0.25) is 4.79 Å². The SMILES string of the molecule is Cc1nc2c([nH]c3ccccc32)c(=O)n1N=Cc1ccccc1. The Morgan fingerprint density at radius 1 is 1.09 bits per heavy atom. The minimum atomic E-state index is -0.198. The van der Waals surface area contributed by atoms with Gasteiger partial charge < -0.3 is 4.98 Å². The molecule has 0 unspecified atom stereocenters. The zero-order valence-corrected chi connectivity index (χ0v) is 12.5. The minimum Gasteiger partial charge on any atom is -0.349 e. The molecule has 0 aliphatic carbocycles.